The van der Waals surface area contributed by atoms with E-state index in [0.29, 0.717) is 12.1 Å². The van der Waals surface area contributed by atoms with Gasteiger partial charge in [-0.3, -0.25) is 14.4 Å². The third kappa shape index (κ3) is 3.46. The third-order valence-electron chi connectivity index (χ3n) is 6.05. The van der Waals surface area contributed by atoms with Crippen LogP contribution in [0.4, 0.5) is 4.79 Å². The molecule has 8 heteroatoms. The summed E-state index contributed by atoms with van der Waals surface area (Å²) in [4.78, 5) is 26.2. The zero-order valence-corrected chi connectivity index (χ0v) is 17.6. The highest BCUT2D eigenvalue weighted by molar-refractivity contribution is 6.05. The number of benzene rings is 1. The maximum Gasteiger partial charge on any atom is 0.407 e. The lowest BCUT2D eigenvalue weighted by Gasteiger charge is -2.45. The van der Waals surface area contributed by atoms with Gasteiger partial charge in [-0.25, -0.2) is 4.79 Å². The van der Waals surface area contributed by atoms with Crippen LogP contribution in [0, 0.1) is 5.41 Å². The first-order chi connectivity index (χ1) is 13.5. The molecule has 2 heterocycles. The molecule has 0 bridgehead atoms. The Morgan fingerprint density at radius 1 is 1.31 bits per heavy atom. The standard InChI is InChI=1S/C21H30N4O4/c1-13(2)25-16-9-7-6-8-15(16)17(23-25)18(27)22-14-10-21(12-26,20(3,4)5)24(11-14)19(28)29/h6-9,13-14,26H,10-12H2,1-5H3,(H,22,27)(H,28,29)/t14-,21+/m0/s1. The fraction of sp³-hybridized carbons (Fsp3) is 0.571. The fourth-order valence-electron chi connectivity index (χ4n) is 4.34. The molecular weight excluding hydrogens is 372 g/mol. The molecule has 2 aromatic rings. The Labute approximate surface area is 170 Å². The number of aliphatic hydroxyl groups excluding tert-OH is 1. The summed E-state index contributed by atoms with van der Waals surface area (Å²) < 4.78 is 1.82. The van der Waals surface area contributed by atoms with Crippen molar-refractivity contribution in [3.63, 3.8) is 0 Å². The number of fused-ring (bicyclic) bond motifs is 1. The normalized spacial score (nSPS) is 22.4. The molecule has 0 unspecified atom stereocenters. The predicted octanol–water partition coefficient (Wildman–Crippen LogP) is 2.88. The smallest absolute Gasteiger partial charge is 0.407 e. The minimum atomic E-state index is -1.10. The summed E-state index contributed by atoms with van der Waals surface area (Å²) in [6.07, 6.45) is -0.756. The van der Waals surface area contributed by atoms with E-state index in [-0.39, 0.29) is 25.1 Å². The second kappa shape index (κ2) is 7.33. The molecule has 3 rings (SSSR count). The minimum absolute atomic E-state index is 0.0957. The van der Waals surface area contributed by atoms with E-state index < -0.39 is 23.1 Å². The van der Waals surface area contributed by atoms with Gasteiger partial charge >= 0.3 is 6.09 Å². The molecule has 1 aromatic heterocycles. The van der Waals surface area contributed by atoms with Crippen LogP contribution in [0.5, 0.6) is 0 Å². The van der Waals surface area contributed by atoms with Gasteiger partial charge in [-0.2, -0.15) is 5.10 Å². The number of amides is 2. The highest BCUT2D eigenvalue weighted by Crippen LogP contribution is 2.43. The lowest BCUT2D eigenvalue weighted by Crippen LogP contribution is -2.57. The summed E-state index contributed by atoms with van der Waals surface area (Å²) in [5, 5.41) is 28.0. The molecule has 2 atom stereocenters. The Kier molecular flexibility index (Phi) is 5.34. The summed E-state index contributed by atoms with van der Waals surface area (Å²) >= 11 is 0. The van der Waals surface area contributed by atoms with Gasteiger partial charge < -0.3 is 15.5 Å². The first-order valence-corrected chi connectivity index (χ1v) is 9.91. The molecule has 2 amide bonds. The summed E-state index contributed by atoms with van der Waals surface area (Å²) in [7, 11) is 0. The maximum absolute atomic E-state index is 13.1. The number of rotatable bonds is 4. The van der Waals surface area contributed by atoms with Crippen LogP contribution in [-0.2, 0) is 0 Å². The Morgan fingerprint density at radius 3 is 2.48 bits per heavy atom. The van der Waals surface area contributed by atoms with Crippen molar-refractivity contribution < 1.29 is 19.8 Å². The molecule has 0 saturated carbocycles. The zero-order valence-electron chi connectivity index (χ0n) is 17.6. The molecule has 1 aliphatic heterocycles. The third-order valence-corrected chi connectivity index (χ3v) is 6.05. The Morgan fingerprint density at radius 2 is 1.97 bits per heavy atom. The van der Waals surface area contributed by atoms with Crippen LogP contribution < -0.4 is 5.32 Å². The van der Waals surface area contributed by atoms with Gasteiger partial charge in [0, 0.05) is 24.0 Å². The van der Waals surface area contributed by atoms with Crippen LogP contribution in [0.2, 0.25) is 0 Å². The SMILES string of the molecule is CC(C)n1nc(C(=O)N[C@@H]2CN(C(=O)O)[C@](CO)(C(C)(C)C)C2)c2ccccc21. The average molecular weight is 402 g/mol. The number of likely N-dealkylation sites (tertiary alicyclic amines) is 1. The van der Waals surface area contributed by atoms with Gasteiger partial charge in [-0.15, -0.1) is 0 Å². The maximum atomic E-state index is 13.1. The van der Waals surface area contributed by atoms with Crippen molar-refractivity contribution in [1.82, 2.24) is 20.0 Å². The van der Waals surface area contributed by atoms with Crippen LogP contribution in [0.25, 0.3) is 10.9 Å². The highest BCUT2D eigenvalue weighted by atomic mass is 16.4. The molecule has 29 heavy (non-hydrogen) atoms. The van der Waals surface area contributed by atoms with Crippen molar-refractivity contribution >= 4 is 22.9 Å². The lowest BCUT2D eigenvalue weighted by molar-refractivity contribution is -0.0114. The molecule has 3 N–H and O–H groups in total. The molecular formula is C21H30N4O4. The van der Waals surface area contributed by atoms with Crippen LogP contribution >= 0.6 is 0 Å². The second-order valence-corrected chi connectivity index (χ2v) is 9.11. The molecule has 0 aliphatic carbocycles. The van der Waals surface area contributed by atoms with Crippen molar-refractivity contribution in [3.8, 4) is 0 Å². The number of hydrogen-bond donors (Lipinski definition) is 3. The van der Waals surface area contributed by atoms with E-state index in [1.807, 2.05) is 63.6 Å². The average Bonchev–Trinajstić information content (AvgIpc) is 3.20. The topological polar surface area (TPSA) is 108 Å². The van der Waals surface area contributed by atoms with Crippen molar-refractivity contribution in [3.05, 3.63) is 30.0 Å². The minimum Gasteiger partial charge on any atom is -0.465 e. The quantitative estimate of drug-likeness (QED) is 0.729. The second-order valence-electron chi connectivity index (χ2n) is 9.11. The van der Waals surface area contributed by atoms with Gasteiger partial charge in [0.25, 0.3) is 5.91 Å². The number of aromatic nitrogens is 2. The monoisotopic (exact) mass is 402 g/mol. The fourth-order valence-corrected chi connectivity index (χ4v) is 4.34. The van der Waals surface area contributed by atoms with Gasteiger partial charge in [0.2, 0.25) is 0 Å². The van der Waals surface area contributed by atoms with E-state index >= 15 is 0 Å². The first-order valence-electron chi connectivity index (χ1n) is 9.91. The van der Waals surface area contributed by atoms with Crippen LogP contribution in [-0.4, -0.2) is 61.6 Å². The molecule has 0 radical (unpaired) electrons. The van der Waals surface area contributed by atoms with Gasteiger partial charge in [-0.05, 0) is 31.7 Å². The summed E-state index contributed by atoms with van der Waals surface area (Å²) in [6, 6.07) is 7.25. The van der Waals surface area contributed by atoms with Gasteiger partial charge in [-0.1, -0.05) is 39.0 Å². The Hall–Kier alpha value is -2.61. The van der Waals surface area contributed by atoms with Crippen LogP contribution in [0.15, 0.2) is 24.3 Å². The van der Waals surface area contributed by atoms with Crippen molar-refractivity contribution in [1.29, 1.82) is 0 Å². The first kappa shape index (κ1) is 21.1. The number of hydrogen-bond acceptors (Lipinski definition) is 4. The molecule has 1 fully saturated rings. The van der Waals surface area contributed by atoms with Crippen molar-refractivity contribution in [2.45, 2.75) is 58.7 Å². The molecule has 1 aliphatic rings. The molecule has 1 saturated heterocycles. The largest absolute Gasteiger partial charge is 0.465 e. The highest BCUT2D eigenvalue weighted by Gasteiger charge is 2.55. The van der Waals surface area contributed by atoms with Crippen LogP contribution in [0.3, 0.4) is 0 Å². The van der Waals surface area contributed by atoms with Crippen molar-refractivity contribution in [2.75, 3.05) is 13.2 Å². The molecule has 158 valence electrons. The van der Waals surface area contributed by atoms with Gasteiger partial charge in [0.1, 0.15) is 0 Å². The van der Waals surface area contributed by atoms with E-state index in [2.05, 4.69) is 10.4 Å². The van der Waals surface area contributed by atoms with E-state index in [0.717, 1.165) is 10.9 Å². The lowest BCUT2D eigenvalue weighted by atomic mass is 9.72. The molecule has 1 aromatic carbocycles. The van der Waals surface area contributed by atoms with E-state index in [9.17, 15) is 19.8 Å². The van der Waals surface area contributed by atoms with Crippen molar-refractivity contribution in [2.24, 2.45) is 5.41 Å². The number of carbonyl (C=O) groups is 2. The molecule has 0 spiro atoms. The van der Waals surface area contributed by atoms with E-state index in [4.69, 9.17) is 0 Å². The summed E-state index contributed by atoms with van der Waals surface area (Å²) in [5.41, 5.74) is -0.249. The number of carbonyl (C=O) groups excluding carboxylic acids is 1. The number of aliphatic hydroxyl groups is 1. The number of nitrogens with zero attached hydrogens (tertiary/aromatic N) is 3. The Balaban J connectivity index is 1.91. The number of nitrogens with one attached hydrogen (secondary N) is 1. The van der Waals surface area contributed by atoms with Gasteiger partial charge in [0.05, 0.1) is 17.7 Å². The molecule has 8 nitrogen and oxygen atoms in total. The van der Waals surface area contributed by atoms with E-state index in [1.54, 1.807) is 0 Å². The van der Waals surface area contributed by atoms with E-state index in [1.165, 1.54) is 4.90 Å². The Bertz CT molecular complexity index is 930. The summed E-state index contributed by atoms with van der Waals surface area (Å²) in [5.74, 6) is -0.335. The van der Waals surface area contributed by atoms with Gasteiger partial charge in [0.15, 0.2) is 5.69 Å². The number of carboxylic acid groups (broad SMARTS) is 1. The predicted molar refractivity (Wildman–Crippen MR) is 110 cm³/mol. The zero-order chi connectivity index (χ0) is 21.6. The number of para-hydroxylation sites is 1. The summed E-state index contributed by atoms with van der Waals surface area (Å²) in [6.45, 7) is 9.54. The van der Waals surface area contributed by atoms with Crippen LogP contribution in [0.1, 0.15) is 57.6 Å².